The van der Waals surface area contributed by atoms with Gasteiger partial charge in [-0.05, 0) is 84.8 Å². The second-order valence-electron chi connectivity index (χ2n) is 8.88. The third kappa shape index (κ3) is 5.35. The fourth-order valence-electron chi connectivity index (χ4n) is 3.97. The van der Waals surface area contributed by atoms with Gasteiger partial charge in [0.05, 0.1) is 0 Å². The van der Waals surface area contributed by atoms with Gasteiger partial charge in [0.1, 0.15) is 5.60 Å². The number of amides is 1. The standard InChI is InChI=1S/C19H35N3O2/c1-19(2,3)24-18(23)22-10-4-5-15(14-22)13-20-16-8-11-21(12-9-16)17-6-7-17/h15-17,20H,4-14H2,1-3H3/t15-/m0/s1. The maximum absolute atomic E-state index is 12.2. The Kier molecular flexibility index (Phi) is 5.70. The minimum Gasteiger partial charge on any atom is -0.444 e. The van der Waals surface area contributed by atoms with Gasteiger partial charge in [0.2, 0.25) is 0 Å². The molecule has 0 bridgehead atoms. The number of nitrogens with zero attached hydrogens (tertiary/aromatic N) is 2. The van der Waals surface area contributed by atoms with Crippen molar-refractivity contribution >= 4 is 6.09 Å². The largest absolute Gasteiger partial charge is 0.444 e. The van der Waals surface area contributed by atoms with E-state index in [9.17, 15) is 4.79 Å². The van der Waals surface area contributed by atoms with E-state index < -0.39 is 5.60 Å². The molecule has 1 N–H and O–H groups in total. The summed E-state index contributed by atoms with van der Waals surface area (Å²) in [6, 6.07) is 1.57. The molecule has 1 aliphatic carbocycles. The van der Waals surface area contributed by atoms with Crippen molar-refractivity contribution in [2.24, 2.45) is 5.92 Å². The van der Waals surface area contributed by atoms with E-state index in [4.69, 9.17) is 4.74 Å². The Bertz CT molecular complexity index is 423. The van der Waals surface area contributed by atoms with Crippen LogP contribution in [0.2, 0.25) is 0 Å². The van der Waals surface area contributed by atoms with E-state index in [0.717, 1.165) is 32.1 Å². The Hall–Kier alpha value is -0.810. The van der Waals surface area contributed by atoms with Gasteiger partial charge in [0, 0.05) is 25.2 Å². The van der Waals surface area contributed by atoms with Crippen LogP contribution in [0.25, 0.3) is 0 Å². The van der Waals surface area contributed by atoms with Crippen LogP contribution in [0, 0.1) is 5.92 Å². The number of likely N-dealkylation sites (tertiary alicyclic amines) is 2. The molecule has 2 heterocycles. The van der Waals surface area contributed by atoms with Crippen LogP contribution >= 0.6 is 0 Å². The van der Waals surface area contributed by atoms with Gasteiger partial charge in [-0.25, -0.2) is 4.79 Å². The van der Waals surface area contributed by atoms with Crippen molar-refractivity contribution in [1.82, 2.24) is 15.1 Å². The van der Waals surface area contributed by atoms with Gasteiger partial charge in [-0.2, -0.15) is 0 Å². The number of carbonyl (C=O) groups excluding carboxylic acids is 1. The molecule has 3 rings (SSSR count). The van der Waals surface area contributed by atoms with Crippen LogP contribution in [0.5, 0.6) is 0 Å². The Morgan fingerprint density at radius 2 is 1.79 bits per heavy atom. The average molecular weight is 338 g/mol. The SMILES string of the molecule is CC(C)(C)OC(=O)N1CCC[C@@H](CNC2CCN(C3CC3)CC2)C1. The molecular formula is C19H35N3O2. The first kappa shape index (κ1) is 18.0. The molecule has 0 aromatic heterocycles. The van der Waals surface area contributed by atoms with Gasteiger partial charge < -0.3 is 19.9 Å². The van der Waals surface area contributed by atoms with Crippen molar-refractivity contribution in [2.45, 2.75) is 77.0 Å². The number of hydrogen-bond donors (Lipinski definition) is 1. The molecule has 0 aromatic carbocycles. The van der Waals surface area contributed by atoms with E-state index in [2.05, 4.69) is 10.2 Å². The van der Waals surface area contributed by atoms with Crippen molar-refractivity contribution in [2.75, 3.05) is 32.7 Å². The lowest BCUT2D eigenvalue weighted by molar-refractivity contribution is 0.0164. The quantitative estimate of drug-likeness (QED) is 0.857. The molecule has 0 aromatic rings. The van der Waals surface area contributed by atoms with E-state index in [-0.39, 0.29) is 6.09 Å². The fraction of sp³-hybridized carbons (Fsp3) is 0.947. The van der Waals surface area contributed by atoms with Crippen LogP contribution in [-0.4, -0.2) is 66.3 Å². The molecule has 3 aliphatic rings. The van der Waals surface area contributed by atoms with Gasteiger partial charge in [-0.3, -0.25) is 0 Å². The molecule has 0 radical (unpaired) electrons. The molecule has 2 saturated heterocycles. The van der Waals surface area contributed by atoms with Crippen LogP contribution in [0.4, 0.5) is 4.79 Å². The van der Waals surface area contributed by atoms with Crippen LogP contribution in [0.1, 0.15) is 59.3 Å². The summed E-state index contributed by atoms with van der Waals surface area (Å²) in [4.78, 5) is 16.8. The highest BCUT2D eigenvalue weighted by Crippen LogP contribution is 2.29. The van der Waals surface area contributed by atoms with Gasteiger partial charge in [0.25, 0.3) is 0 Å². The van der Waals surface area contributed by atoms with Crippen molar-refractivity contribution < 1.29 is 9.53 Å². The van der Waals surface area contributed by atoms with Crippen molar-refractivity contribution in [3.63, 3.8) is 0 Å². The molecular weight excluding hydrogens is 302 g/mol. The summed E-state index contributed by atoms with van der Waals surface area (Å²) in [5.41, 5.74) is -0.405. The number of hydrogen-bond acceptors (Lipinski definition) is 4. The molecule has 5 nitrogen and oxygen atoms in total. The fourth-order valence-corrected chi connectivity index (χ4v) is 3.97. The second kappa shape index (κ2) is 7.61. The van der Waals surface area contributed by atoms with Crippen molar-refractivity contribution in [3.8, 4) is 0 Å². The first-order valence-electron chi connectivity index (χ1n) is 9.86. The van der Waals surface area contributed by atoms with Crippen LogP contribution in [0.3, 0.4) is 0 Å². The van der Waals surface area contributed by atoms with Crippen molar-refractivity contribution in [3.05, 3.63) is 0 Å². The monoisotopic (exact) mass is 337 g/mol. The number of rotatable bonds is 4. The minimum absolute atomic E-state index is 0.148. The molecule has 1 amide bonds. The lowest BCUT2D eigenvalue weighted by atomic mass is 9.97. The van der Waals surface area contributed by atoms with Gasteiger partial charge in [0.15, 0.2) is 0 Å². The Morgan fingerprint density at radius 3 is 2.42 bits per heavy atom. The topological polar surface area (TPSA) is 44.8 Å². The molecule has 5 heteroatoms. The maximum Gasteiger partial charge on any atom is 0.410 e. The summed E-state index contributed by atoms with van der Waals surface area (Å²) < 4.78 is 5.52. The van der Waals surface area contributed by atoms with Gasteiger partial charge in [-0.1, -0.05) is 0 Å². The Balaban J connectivity index is 1.37. The summed E-state index contributed by atoms with van der Waals surface area (Å²) in [6.07, 6.45) is 7.54. The highest BCUT2D eigenvalue weighted by molar-refractivity contribution is 5.68. The average Bonchev–Trinajstić information content (AvgIpc) is 3.37. The number of carbonyl (C=O) groups is 1. The predicted molar refractivity (Wildman–Crippen MR) is 96.2 cm³/mol. The molecule has 138 valence electrons. The van der Waals surface area contributed by atoms with E-state index >= 15 is 0 Å². The molecule has 0 unspecified atom stereocenters. The summed E-state index contributed by atoms with van der Waals surface area (Å²) in [5, 5.41) is 3.77. The highest BCUT2D eigenvalue weighted by Gasteiger charge is 2.32. The smallest absolute Gasteiger partial charge is 0.410 e. The number of ether oxygens (including phenoxy) is 1. The lowest BCUT2D eigenvalue weighted by Crippen LogP contribution is -2.48. The normalized spacial score (nSPS) is 27.3. The molecule has 1 atom stereocenters. The molecule has 0 spiro atoms. The number of nitrogens with one attached hydrogen (secondary N) is 1. The summed E-state index contributed by atoms with van der Waals surface area (Å²) in [7, 11) is 0. The minimum atomic E-state index is -0.405. The molecule has 24 heavy (non-hydrogen) atoms. The van der Waals surface area contributed by atoms with E-state index in [0.29, 0.717) is 12.0 Å². The third-order valence-electron chi connectivity index (χ3n) is 5.46. The Morgan fingerprint density at radius 1 is 1.08 bits per heavy atom. The second-order valence-corrected chi connectivity index (χ2v) is 8.88. The summed E-state index contributed by atoms with van der Waals surface area (Å²) in [6.45, 7) is 11.0. The lowest BCUT2D eigenvalue weighted by Gasteiger charge is -2.36. The highest BCUT2D eigenvalue weighted by atomic mass is 16.6. The zero-order valence-electron chi connectivity index (χ0n) is 15.7. The van der Waals surface area contributed by atoms with E-state index in [1.807, 2.05) is 25.7 Å². The van der Waals surface area contributed by atoms with E-state index in [1.54, 1.807) is 0 Å². The van der Waals surface area contributed by atoms with Gasteiger partial charge in [-0.15, -0.1) is 0 Å². The first-order chi connectivity index (χ1) is 11.4. The molecule has 3 fully saturated rings. The Labute approximate surface area is 147 Å². The van der Waals surface area contributed by atoms with Crippen LogP contribution in [0.15, 0.2) is 0 Å². The van der Waals surface area contributed by atoms with Crippen LogP contribution < -0.4 is 5.32 Å². The van der Waals surface area contributed by atoms with Crippen molar-refractivity contribution in [1.29, 1.82) is 0 Å². The predicted octanol–water partition coefficient (Wildman–Crippen LogP) is 2.85. The van der Waals surface area contributed by atoms with Crippen LogP contribution in [-0.2, 0) is 4.74 Å². The first-order valence-corrected chi connectivity index (χ1v) is 9.86. The summed E-state index contributed by atoms with van der Waals surface area (Å²) >= 11 is 0. The zero-order valence-corrected chi connectivity index (χ0v) is 15.7. The molecule has 2 aliphatic heterocycles. The zero-order chi connectivity index (χ0) is 17.2. The van der Waals surface area contributed by atoms with Gasteiger partial charge >= 0.3 is 6.09 Å². The maximum atomic E-state index is 12.2. The van der Waals surface area contributed by atoms with E-state index in [1.165, 1.54) is 45.2 Å². The summed E-state index contributed by atoms with van der Waals surface area (Å²) in [5.74, 6) is 0.563. The third-order valence-corrected chi connectivity index (χ3v) is 5.46. The number of piperidine rings is 2. The molecule has 1 saturated carbocycles.